The maximum absolute atomic E-state index is 11.5. The summed E-state index contributed by atoms with van der Waals surface area (Å²) < 4.78 is 5.91. The molecule has 0 radical (unpaired) electrons. The van der Waals surface area contributed by atoms with Crippen molar-refractivity contribution in [3.8, 4) is 0 Å². The summed E-state index contributed by atoms with van der Waals surface area (Å²) in [5, 5.41) is 6.18. The molecular formula is C10H14N4O4. The lowest BCUT2D eigenvalue weighted by molar-refractivity contribution is -0.145. The summed E-state index contributed by atoms with van der Waals surface area (Å²) >= 11 is 0. The molecule has 8 nitrogen and oxygen atoms in total. The predicted octanol–water partition coefficient (Wildman–Crippen LogP) is -0.589. The van der Waals surface area contributed by atoms with Crippen LogP contribution in [0.5, 0.6) is 0 Å². The van der Waals surface area contributed by atoms with Crippen LogP contribution in [0, 0.1) is 0 Å². The van der Waals surface area contributed by atoms with Crippen LogP contribution in [0.1, 0.15) is 23.7 Å². The largest absolute Gasteiger partial charge is 0.466 e. The van der Waals surface area contributed by atoms with Gasteiger partial charge < -0.3 is 15.8 Å². The number of carbonyl (C=O) groups excluding carboxylic acids is 3. The molecule has 0 aromatic carbocycles. The Kier molecular flexibility index (Phi) is 4.41. The van der Waals surface area contributed by atoms with Gasteiger partial charge in [0.15, 0.2) is 0 Å². The first-order chi connectivity index (χ1) is 8.45. The molecule has 0 spiro atoms. The normalized spacial score (nSPS) is 9.89. The number of nitrogens with one attached hydrogen (secondary N) is 1. The maximum atomic E-state index is 11.5. The Hall–Kier alpha value is -2.38. The van der Waals surface area contributed by atoms with Gasteiger partial charge in [-0.15, -0.1) is 0 Å². The van der Waals surface area contributed by atoms with E-state index >= 15 is 0 Å². The molecule has 3 N–H and O–H groups in total. The van der Waals surface area contributed by atoms with E-state index in [1.54, 1.807) is 6.92 Å². The smallest absolute Gasteiger partial charge is 0.315 e. The minimum absolute atomic E-state index is 0.0784. The maximum Gasteiger partial charge on any atom is 0.315 e. The van der Waals surface area contributed by atoms with E-state index in [-0.39, 0.29) is 18.0 Å². The highest BCUT2D eigenvalue weighted by Crippen LogP contribution is 2.13. The molecule has 8 heteroatoms. The Morgan fingerprint density at radius 2 is 2.17 bits per heavy atom. The summed E-state index contributed by atoms with van der Waals surface area (Å²) in [6.45, 7) is 1.84. The number of carbonyl (C=O) groups is 3. The van der Waals surface area contributed by atoms with Crippen molar-refractivity contribution in [3.05, 3.63) is 11.8 Å². The summed E-state index contributed by atoms with van der Waals surface area (Å²) in [5.41, 5.74) is 5.20. The lowest BCUT2D eigenvalue weighted by Crippen LogP contribution is -2.22. The van der Waals surface area contributed by atoms with E-state index in [4.69, 9.17) is 5.73 Å². The highest BCUT2D eigenvalue weighted by Gasteiger charge is 2.17. The standard InChI is InChI=1S/C10H14N4O4/c1-3-18-8(16)4-7(15)13-10-6(9(11)17)5-12-14(10)2/h5H,3-4H2,1-2H3,(H2,11,17)(H,13,15). The average Bonchev–Trinajstić information content (AvgIpc) is 2.60. The van der Waals surface area contributed by atoms with E-state index in [2.05, 4.69) is 15.2 Å². The van der Waals surface area contributed by atoms with Crippen molar-refractivity contribution in [3.63, 3.8) is 0 Å². The molecule has 0 unspecified atom stereocenters. The second-order valence-corrected chi connectivity index (χ2v) is 3.42. The van der Waals surface area contributed by atoms with Crippen LogP contribution in [0.3, 0.4) is 0 Å². The summed E-state index contributed by atoms with van der Waals surface area (Å²) in [6.07, 6.45) is 0.805. The number of esters is 1. The quantitative estimate of drug-likeness (QED) is 0.538. The molecule has 98 valence electrons. The Bertz CT molecular complexity index is 480. The molecule has 0 atom stereocenters. The lowest BCUT2D eigenvalue weighted by Gasteiger charge is -2.06. The van der Waals surface area contributed by atoms with Gasteiger partial charge in [0.2, 0.25) is 5.91 Å². The summed E-state index contributed by atoms with van der Waals surface area (Å²) in [7, 11) is 1.53. The van der Waals surface area contributed by atoms with Crippen molar-refractivity contribution in [1.82, 2.24) is 9.78 Å². The number of hydrogen-bond acceptors (Lipinski definition) is 5. The number of aromatic nitrogens is 2. The molecule has 2 amide bonds. The first-order valence-electron chi connectivity index (χ1n) is 5.23. The number of ether oxygens (including phenoxy) is 1. The Morgan fingerprint density at radius 3 is 2.72 bits per heavy atom. The Morgan fingerprint density at radius 1 is 1.50 bits per heavy atom. The Balaban J connectivity index is 2.73. The molecule has 0 fully saturated rings. The second-order valence-electron chi connectivity index (χ2n) is 3.42. The van der Waals surface area contributed by atoms with Crippen molar-refractivity contribution in [2.45, 2.75) is 13.3 Å². The van der Waals surface area contributed by atoms with Crippen LogP contribution in [0.25, 0.3) is 0 Å². The molecule has 1 rings (SSSR count). The van der Waals surface area contributed by atoms with Crippen LogP contribution in [0.4, 0.5) is 5.82 Å². The van der Waals surface area contributed by atoms with Gasteiger partial charge in [0.1, 0.15) is 17.8 Å². The summed E-state index contributed by atoms with van der Waals surface area (Å²) in [5.74, 6) is -1.80. The molecule has 0 aliphatic heterocycles. The number of primary amides is 1. The van der Waals surface area contributed by atoms with Gasteiger partial charge in [0, 0.05) is 7.05 Å². The van der Waals surface area contributed by atoms with Crippen molar-refractivity contribution in [2.75, 3.05) is 11.9 Å². The fraction of sp³-hybridized carbons (Fsp3) is 0.400. The third-order valence-electron chi connectivity index (χ3n) is 2.07. The van der Waals surface area contributed by atoms with Gasteiger partial charge in [-0.1, -0.05) is 0 Å². The van der Waals surface area contributed by atoms with Crippen molar-refractivity contribution < 1.29 is 19.1 Å². The van der Waals surface area contributed by atoms with Gasteiger partial charge in [-0.05, 0) is 6.92 Å². The summed E-state index contributed by atoms with van der Waals surface area (Å²) in [4.78, 5) is 33.7. The minimum atomic E-state index is -0.713. The first-order valence-corrected chi connectivity index (χ1v) is 5.23. The highest BCUT2D eigenvalue weighted by molar-refractivity contribution is 6.05. The van der Waals surface area contributed by atoms with Crippen molar-refractivity contribution in [2.24, 2.45) is 12.8 Å². The third kappa shape index (κ3) is 3.30. The van der Waals surface area contributed by atoms with Gasteiger partial charge in [-0.25, -0.2) is 0 Å². The molecular weight excluding hydrogens is 240 g/mol. The van der Waals surface area contributed by atoms with Crippen LogP contribution in [0.15, 0.2) is 6.20 Å². The lowest BCUT2D eigenvalue weighted by atomic mass is 10.3. The molecule has 18 heavy (non-hydrogen) atoms. The monoisotopic (exact) mass is 254 g/mol. The molecule has 1 heterocycles. The topological polar surface area (TPSA) is 116 Å². The van der Waals surface area contributed by atoms with E-state index in [9.17, 15) is 14.4 Å². The third-order valence-corrected chi connectivity index (χ3v) is 2.07. The molecule has 0 aliphatic carbocycles. The fourth-order valence-electron chi connectivity index (χ4n) is 1.29. The predicted molar refractivity (Wildman–Crippen MR) is 61.6 cm³/mol. The molecule has 0 saturated carbocycles. The minimum Gasteiger partial charge on any atom is -0.466 e. The van der Waals surface area contributed by atoms with E-state index in [1.807, 2.05) is 0 Å². The second kappa shape index (κ2) is 5.80. The number of rotatable bonds is 5. The number of nitrogens with zero attached hydrogens (tertiary/aromatic N) is 2. The number of amides is 2. The molecule has 0 bridgehead atoms. The zero-order valence-corrected chi connectivity index (χ0v) is 10.1. The highest BCUT2D eigenvalue weighted by atomic mass is 16.5. The molecule has 1 aromatic rings. The van der Waals surface area contributed by atoms with E-state index < -0.39 is 24.2 Å². The average molecular weight is 254 g/mol. The van der Waals surface area contributed by atoms with Gasteiger partial charge in [0.05, 0.1) is 12.8 Å². The van der Waals surface area contributed by atoms with Gasteiger partial charge in [0.25, 0.3) is 5.91 Å². The summed E-state index contributed by atoms with van der Waals surface area (Å²) in [6, 6.07) is 0. The van der Waals surface area contributed by atoms with Crippen LogP contribution in [-0.4, -0.2) is 34.2 Å². The van der Waals surface area contributed by atoms with Crippen molar-refractivity contribution in [1.29, 1.82) is 0 Å². The number of aryl methyl sites for hydroxylation is 1. The van der Waals surface area contributed by atoms with Crippen molar-refractivity contribution >= 4 is 23.6 Å². The zero-order valence-electron chi connectivity index (χ0n) is 10.1. The number of hydrogen-bond donors (Lipinski definition) is 2. The Labute approximate surface area is 103 Å². The number of anilines is 1. The van der Waals surface area contributed by atoms with E-state index in [1.165, 1.54) is 17.9 Å². The van der Waals surface area contributed by atoms with Crippen LogP contribution >= 0.6 is 0 Å². The van der Waals surface area contributed by atoms with E-state index in [0.717, 1.165) is 0 Å². The molecule has 1 aromatic heterocycles. The van der Waals surface area contributed by atoms with E-state index in [0.29, 0.717) is 0 Å². The molecule has 0 aliphatic rings. The fourth-order valence-corrected chi connectivity index (χ4v) is 1.29. The van der Waals surface area contributed by atoms with Gasteiger partial charge in [-0.2, -0.15) is 5.10 Å². The zero-order chi connectivity index (χ0) is 13.7. The SMILES string of the molecule is CCOC(=O)CC(=O)Nc1c(C(N)=O)cnn1C. The number of nitrogens with two attached hydrogens (primary N) is 1. The van der Waals surface area contributed by atoms with Gasteiger partial charge >= 0.3 is 5.97 Å². The first kappa shape index (κ1) is 13.7. The van der Waals surface area contributed by atoms with Crippen LogP contribution < -0.4 is 11.1 Å². The van der Waals surface area contributed by atoms with Gasteiger partial charge in [-0.3, -0.25) is 19.1 Å². The van der Waals surface area contributed by atoms with Crippen LogP contribution in [0.2, 0.25) is 0 Å². The molecule has 0 saturated heterocycles. The van der Waals surface area contributed by atoms with Crippen LogP contribution in [-0.2, 0) is 21.4 Å².